The maximum atomic E-state index is 11.4. The van der Waals surface area contributed by atoms with Crippen LogP contribution in [0.2, 0.25) is 0 Å². The minimum Gasteiger partial charge on any atom is -0.368 e. The van der Waals surface area contributed by atoms with Crippen LogP contribution in [-0.2, 0) is 4.79 Å². The second kappa shape index (κ2) is 6.06. The molecule has 1 N–H and O–H groups in total. The van der Waals surface area contributed by atoms with Crippen LogP contribution in [0.4, 0.5) is 5.69 Å². The number of nitrogens with zero attached hydrogens (tertiary/aromatic N) is 2. The molecule has 1 atom stereocenters. The molecule has 0 saturated carbocycles. The van der Waals surface area contributed by atoms with Crippen LogP contribution >= 0.6 is 0 Å². The highest BCUT2D eigenvalue weighted by atomic mass is 16.2. The molecule has 0 bridgehead atoms. The van der Waals surface area contributed by atoms with Gasteiger partial charge in [0.15, 0.2) is 0 Å². The minimum absolute atomic E-state index is 0.177. The van der Waals surface area contributed by atoms with Crippen molar-refractivity contribution in [1.82, 2.24) is 10.2 Å². The van der Waals surface area contributed by atoms with Gasteiger partial charge in [-0.1, -0.05) is 18.2 Å². The molecule has 0 radical (unpaired) electrons. The number of carbonyl (C=O) groups excluding carboxylic acids is 1. The molecule has 104 valence electrons. The number of amides is 1. The van der Waals surface area contributed by atoms with Crippen LogP contribution in [0.25, 0.3) is 0 Å². The Morgan fingerprint density at radius 1 is 1.21 bits per heavy atom. The molecule has 1 fully saturated rings. The molecule has 0 aliphatic carbocycles. The van der Waals surface area contributed by atoms with Crippen molar-refractivity contribution in [3.05, 3.63) is 29.8 Å². The van der Waals surface area contributed by atoms with Crippen LogP contribution in [0.5, 0.6) is 0 Å². The van der Waals surface area contributed by atoms with Gasteiger partial charge in [-0.25, -0.2) is 0 Å². The van der Waals surface area contributed by atoms with E-state index in [0.29, 0.717) is 6.04 Å². The first-order valence-corrected chi connectivity index (χ1v) is 6.90. The fourth-order valence-electron chi connectivity index (χ4n) is 2.56. The largest absolute Gasteiger partial charge is 0.368 e. The summed E-state index contributed by atoms with van der Waals surface area (Å²) in [5.41, 5.74) is 2.61. The average molecular weight is 261 g/mol. The number of piperazine rings is 1. The zero-order valence-electron chi connectivity index (χ0n) is 12.0. The first kappa shape index (κ1) is 13.9. The molecule has 1 heterocycles. The lowest BCUT2D eigenvalue weighted by Gasteiger charge is -2.37. The predicted molar refractivity (Wildman–Crippen MR) is 78.4 cm³/mol. The van der Waals surface area contributed by atoms with E-state index in [1.54, 1.807) is 6.92 Å². The minimum atomic E-state index is 0.177. The summed E-state index contributed by atoms with van der Waals surface area (Å²) >= 11 is 0. The Kier molecular flexibility index (Phi) is 4.43. The third kappa shape index (κ3) is 3.07. The Balaban J connectivity index is 2.13. The third-order valence-electron chi connectivity index (χ3n) is 3.90. The van der Waals surface area contributed by atoms with Gasteiger partial charge in [-0.15, -0.1) is 0 Å². The summed E-state index contributed by atoms with van der Waals surface area (Å²) in [5.74, 6) is 0.177. The monoisotopic (exact) mass is 261 g/mol. The third-order valence-corrected chi connectivity index (χ3v) is 3.90. The van der Waals surface area contributed by atoms with E-state index in [-0.39, 0.29) is 5.91 Å². The van der Waals surface area contributed by atoms with Crippen molar-refractivity contribution in [3.8, 4) is 0 Å². The van der Waals surface area contributed by atoms with E-state index in [1.165, 1.54) is 11.3 Å². The van der Waals surface area contributed by atoms with E-state index < -0.39 is 0 Å². The molecule has 2 rings (SSSR count). The summed E-state index contributed by atoms with van der Waals surface area (Å²) in [7, 11) is 1.98. The van der Waals surface area contributed by atoms with Gasteiger partial charge in [0, 0.05) is 44.8 Å². The van der Waals surface area contributed by atoms with Gasteiger partial charge in [0.2, 0.25) is 5.91 Å². The van der Waals surface area contributed by atoms with Gasteiger partial charge in [-0.05, 0) is 25.6 Å². The standard InChI is InChI=1S/C15H23N3O/c1-12(16-3)14-6-4-5-7-15(14)18-10-8-17(9-11-18)13(2)19/h4-7,12,16H,8-11H2,1-3H3. The lowest BCUT2D eigenvalue weighted by Crippen LogP contribution is -2.48. The van der Waals surface area contributed by atoms with Gasteiger partial charge in [0.25, 0.3) is 0 Å². The highest BCUT2D eigenvalue weighted by Gasteiger charge is 2.21. The van der Waals surface area contributed by atoms with Crippen molar-refractivity contribution >= 4 is 11.6 Å². The number of nitrogens with one attached hydrogen (secondary N) is 1. The van der Waals surface area contributed by atoms with E-state index in [4.69, 9.17) is 0 Å². The predicted octanol–water partition coefficient (Wildman–Crippen LogP) is 1.64. The molecule has 1 aliphatic rings. The fraction of sp³-hybridized carbons (Fsp3) is 0.533. The highest BCUT2D eigenvalue weighted by Crippen LogP contribution is 2.26. The SMILES string of the molecule is CNC(C)c1ccccc1N1CCN(C(C)=O)CC1. The smallest absolute Gasteiger partial charge is 0.219 e. The highest BCUT2D eigenvalue weighted by molar-refractivity contribution is 5.73. The lowest BCUT2D eigenvalue weighted by molar-refractivity contribution is -0.129. The molecule has 0 spiro atoms. The quantitative estimate of drug-likeness (QED) is 0.898. The Hall–Kier alpha value is -1.55. The van der Waals surface area contributed by atoms with Gasteiger partial charge < -0.3 is 15.1 Å². The summed E-state index contributed by atoms with van der Waals surface area (Å²) in [4.78, 5) is 15.7. The van der Waals surface area contributed by atoms with Crippen LogP contribution in [0.15, 0.2) is 24.3 Å². The molecule has 1 aromatic rings. The molecular weight excluding hydrogens is 238 g/mol. The summed E-state index contributed by atoms with van der Waals surface area (Å²) in [5, 5.41) is 3.30. The average Bonchev–Trinajstić information content (AvgIpc) is 2.46. The first-order valence-electron chi connectivity index (χ1n) is 6.90. The Morgan fingerprint density at radius 2 is 1.84 bits per heavy atom. The Morgan fingerprint density at radius 3 is 2.42 bits per heavy atom. The van der Waals surface area contributed by atoms with E-state index in [0.717, 1.165) is 26.2 Å². The second-order valence-electron chi connectivity index (χ2n) is 5.06. The van der Waals surface area contributed by atoms with Gasteiger partial charge >= 0.3 is 0 Å². The topological polar surface area (TPSA) is 35.6 Å². The van der Waals surface area contributed by atoms with Crippen LogP contribution in [-0.4, -0.2) is 44.0 Å². The van der Waals surface area contributed by atoms with Crippen LogP contribution in [0.3, 0.4) is 0 Å². The van der Waals surface area contributed by atoms with Crippen molar-refractivity contribution in [1.29, 1.82) is 0 Å². The number of para-hydroxylation sites is 1. The number of hydrogen-bond acceptors (Lipinski definition) is 3. The molecule has 1 aromatic carbocycles. The molecule has 1 aliphatic heterocycles. The first-order chi connectivity index (χ1) is 9.13. The zero-order chi connectivity index (χ0) is 13.8. The van der Waals surface area contributed by atoms with Crippen molar-refractivity contribution in [2.24, 2.45) is 0 Å². The molecule has 1 amide bonds. The molecule has 4 heteroatoms. The normalized spacial score (nSPS) is 17.4. The van der Waals surface area contributed by atoms with E-state index in [1.807, 2.05) is 11.9 Å². The van der Waals surface area contributed by atoms with Crippen molar-refractivity contribution in [3.63, 3.8) is 0 Å². The van der Waals surface area contributed by atoms with Crippen LogP contribution in [0, 0.1) is 0 Å². The van der Waals surface area contributed by atoms with Gasteiger partial charge in [-0.2, -0.15) is 0 Å². The van der Waals surface area contributed by atoms with Crippen LogP contribution in [0.1, 0.15) is 25.5 Å². The number of carbonyl (C=O) groups is 1. The molecule has 0 aromatic heterocycles. The zero-order valence-corrected chi connectivity index (χ0v) is 12.0. The van der Waals surface area contributed by atoms with Crippen molar-refractivity contribution in [2.75, 3.05) is 38.1 Å². The summed E-state index contributed by atoms with van der Waals surface area (Å²) in [6.07, 6.45) is 0. The molecular formula is C15H23N3O. The molecule has 1 unspecified atom stereocenters. The Bertz CT molecular complexity index is 439. The van der Waals surface area contributed by atoms with Crippen LogP contribution < -0.4 is 10.2 Å². The molecule has 1 saturated heterocycles. The maximum absolute atomic E-state index is 11.4. The fourth-order valence-corrected chi connectivity index (χ4v) is 2.56. The number of benzene rings is 1. The maximum Gasteiger partial charge on any atom is 0.219 e. The number of hydrogen-bond donors (Lipinski definition) is 1. The summed E-state index contributed by atoms with van der Waals surface area (Å²) in [6.45, 7) is 7.27. The summed E-state index contributed by atoms with van der Waals surface area (Å²) in [6, 6.07) is 8.85. The van der Waals surface area contributed by atoms with Gasteiger partial charge in [0.05, 0.1) is 0 Å². The molecule has 4 nitrogen and oxygen atoms in total. The van der Waals surface area contributed by atoms with Gasteiger partial charge in [-0.3, -0.25) is 4.79 Å². The number of anilines is 1. The summed E-state index contributed by atoms with van der Waals surface area (Å²) < 4.78 is 0. The van der Waals surface area contributed by atoms with E-state index in [2.05, 4.69) is 41.4 Å². The second-order valence-corrected chi connectivity index (χ2v) is 5.06. The van der Waals surface area contributed by atoms with Gasteiger partial charge in [0.1, 0.15) is 0 Å². The lowest BCUT2D eigenvalue weighted by atomic mass is 10.0. The van der Waals surface area contributed by atoms with Crippen molar-refractivity contribution in [2.45, 2.75) is 19.9 Å². The molecule has 19 heavy (non-hydrogen) atoms. The van der Waals surface area contributed by atoms with E-state index >= 15 is 0 Å². The van der Waals surface area contributed by atoms with E-state index in [9.17, 15) is 4.79 Å². The van der Waals surface area contributed by atoms with Crippen molar-refractivity contribution < 1.29 is 4.79 Å². The number of rotatable bonds is 3. The Labute approximate surface area is 115 Å².